The predicted octanol–water partition coefficient (Wildman–Crippen LogP) is 1.09. The number of halogens is 1. The van der Waals surface area contributed by atoms with E-state index in [-0.39, 0.29) is 17.5 Å². The maximum Gasteiger partial charge on any atom is 0.237 e. The Kier molecular flexibility index (Phi) is 3.23. The van der Waals surface area contributed by atoms with Crippen LogP contribution in [0.5, 0.6) is 0 Å². The molecule has 4 nitrogen and oxygen atoms in total. The zero-order valence-corrected chi connectivity index (χ0v) is 7.38. The van der Waals surface area contributed by atoms with Crippen LogP contribution < -0.4 is 5.32 Å². The zero-order chi connectivity index (χ0) is 9.68. The van der Waals surface area contributed by atoms with Gasteiger partial charge in [0, 0.05) is 0 Å². The summed E-state index contributed by atoms with van der Waals surface area (Å²) in [6.45, 7) is 0. The molecule has 1 heterocycles. The van der Waals surface area contributed by atoms with E-state index in [4.69, 9.17) is 18.0 Å². The fourth-order valence-electron chi connectivity index (χ4n) is 0.682. The summed E-state index contributed by atoms with van der Waals surface area (Å²) < 4.78 is 0. The molecule has 5 heteroatoms. The number of carbonyl (C=O) groups is 1. The third-order valence-corrected chi connectivity index (χ3v) is 1.32. The van der Waals surface area contributed by atoms with Crippen molar-refractivity contribution in [3.63, 3.8) is 0 Å². The highest BCUT2D eigenvalue weighted by molar-refractivity contribution is 6.29. The summed E-state index contributed by atoms with van der Waals surface area (Å²) >= 11 is 5.54. The smallest absolute Gasteiger partial charge is 0.237 e. The normalized spacial score (nSPS) is 8.92. The lowest BCUT2D eigenvalue weighted by atomic mass is 10.4. The fraction of sp³-hybridized carbons (Fsp3) is 0.125. The lowest BCUT2D eigenvalue weighted by Crippen LogP contribution is -2.11. The van der Waals surface area contributed by atoms with E-state index >= 15 is 0 Å². The third kappa shape index (κ3) is 3.09. The molecule has 0 aliphatic heterocycles. The van der Waals surface area contributed by atoms with Crippen molar-refractivity contribution >= 4 is 23.3 Å². The number of aromatic nitrogens is 2. The molecule has 0 unspecified atom stereocenters. The Balaban J connectivity index is 2.65. The predicted molar refractivity (Wildman–Crippen MR) is 49.1 cm³/mol. The van der Waals surface area contributed by atoms with Crippen molar-refractivity contribution in [2.45, 2.75) is 6.42 Å². The molecule has 0 bridgehead atoms. The van der Waals surface area contributed by atoms with Crippen LogP contribution in [-0.4, -0.2) is 15.9 Å². The Bertz CT molecular complexity index is 359. The molecule has 1 aromatic heterocycles. The highest BCUT2D eigenvalue weighted by atomic mass is 35.5. The number of carbonyl (C=O) groups excluding carboxylic acids is 1. The van der Waals surface area contributed by atoms with Gasteiger partial charge in [-0.15, -0.1) is 6.42 Å². The molecule has 13 heavy (non-hydrogen) atoms. The van der Waals surface area contributed by atoms with Crippen LogP contribution in [0.2, 0.25) is 5.15 Å². The molecule has 0 radical (unpaired) electrons. The number of rotatable bonds is 2. The number of anilines is 1. The van der Waals surface area contributed by atoms with Gasteiger partial charge < -0.3 is 5.32 Å². The first kappa shape index (κ1) is 9.49. The van der Waals surface area contributed by atoms with Crippen molar-refractivity contribution < 1.29 is 4.79 Å². The summed E-state index contributed by atoms with van der Waals surface area (Å²) in [6, 6.07) is 0. The summed E-state index contributed by atoms with van der Waals surface area (Å²) in [5.41, 5.74) is 0. The Morgan fingerprint density at radius 2 is 2.46 bits per heavy atom. The lowest BCUT2D eigenvalue weighted by molar-refractivity contribution is -0.115. The van der Waals surface area contributed by atoms with E-state index in [0.717, 1.165) is 0 Å². The van der Waals surface area contributed by atoms with E-state index in [1.54, 1.807) is 0 Å². The maximum atomic E-state index is 11.0. The van der Waals surface area contributed by atoms with Crippen molar-refractivity contribution in [3.8, 4) is 12.3 Å². The Hall–Kier alpha value is -1.60. The molecule has 1 N–H and O–H groups in total. The van der Waals surface area contributed by atoms with Crippen LogP contribution in [0.25, 0.3) is 0 Å². The van der Waals surface area contributed by atoms with Gasteiger partial charge in [0.2, 0.25) is 5.91 Å². The summed E-state index contributed by atoms with van der Waals surface area (Å²) in [6.07, 6.45) is 7.71. The molecule has 0 atom stereocenters. The fourth-order valence-corrected chi connectivity index (χ4v) is 0.830. The molecule has 1 aromatic rings. The van der Waals surface area contributed by atoms with Gasteiger partial charge in [-0.1, -0.05) is 17.5 Å². The van der Waals surface area contributed by atoms with Crippen LogP contribution in [0.4, 0.5) is 5.82 Å². The first-order valence-corrected chi connectivity index (χ1v) is 3.81. The molecule has 1 amide bonds. The van der Waals surface area contributed by atoms with Crippen molar-refractivity contribution in [3.05, 3.63) is 17.5 Å². The van der Waals surface area contributed by atoms with Crippen molar-refractivity contribution in [2.24, 2.45) is 0 Å². The average Bonchev–Trinajstić information content (AvgIpc) is 2.04. The van der Waals surface area contributed by atoms with Crippen LogP contribution in [-0.2, 0) is 4.79 Å². The van der Waals surface area contributed by atoms with Crippen molar-refractivity contribution in [1.82, 2.24) is 9.97 Å². The lowest BCUT2D eigenvalue weighted by Gasteiger charge is -2.00. The van der Waals surface area contributed by atoms with Crippen LogP contribution in [0.3, 0.4) is 0 Å². The van der Waals surface area contributed by atoms with Gasteiger partial charge in [-0.2, -0.15) is 0 Å². The van der Waals surface area contributed by atoms with Gasteiger partial charge in [0.25, 0.3) is 0 Å². The molecule has 0 spiro atoms. The molecule has 0 saturated carbocycles. The second-order valence-electron chi connectivity index (χ2n) is 2.16. The van der Waals surface area contributed by atoms with E-state index < -0.39 is 0 Å². The largest absolute Gasteiger partial charge is 0.309 e. The van der Waals surface area contributed by atoms with Gasteiger partial charge in [-0.05, 0) is 0 Å². The second kappa shape index (κ2) is 4.43. The third-order valence-electron chi connectivity index (χ3n) is 1.14. The Morgan fingerprint density at radius 3 is 3.08 bits per heavy atom. The quantitative estimate of drug-likeness (QED) is 0.719. The first-order valence-electron chi connectivity index (χ1n) is 3.43. The molecule has 0 aliphatic carbocycles. The number of hydrogen-bond donors (Lipinski definition) is 1. The maximum absolute atomic E-state index is 11.0. The zero-order valence-electron chi connectivity index (χ0n) is 6.62. The summed E-state index contributed by atoms with van der Waals surface area (Å²) in [4.78, 5) is 18.5. The van der Waals surface area contributed by atoms with Gasteiger partial charge in [-0.3, -0.25) is 9.78 Å². The average molecular weight is 196 g/mol. The number of nitrogens with zero attached hydrogens (tertiary/aromatic N) is 2. The molecule has 0 aromatic carbocycles. The van der Waals surface area contributed by atoms with Crippen LogP contribution in [0.1, 0.15) is 6.42 Å². The van der Waals surface area contributed by atoms with Gasteiger partial charge in [0.15, 0.2) is 5.82 Å². The van der Waals surface area contributed by atoms with Crippen LogP contribution >= 0.6 is 11.6 Å². The molecule has 0 saturated heterocycles. The SMILES string of the molecule is C#CCC(=O)Nc1cncc(Cl)n1. The second-order valence-corrected chi connectivity index (χ2v) is 2.54. The van der Waals surface area contributed by atoms with Crippen LogP contribution in [0, 0.1) is 12.3 Å². The summed E-state index contributed by atoms with van der Waals surface area (Å²) in [5.74, 6) is 2.20. The molecule has 66 valence electrons. The van der Waals surface area contributed by atoms with E-state index in [9.17, 15) is 4.79 Å². The van der Waals surface area contributed by atoms with Gasteiger partial charge in [0.1, 0.15) is 5.15 Å². The molecule has 0 fully saturated rings. The topological polar surface area (TPSA) is 54.9 Å². The number of amides is 1. The van der Waals surface area contributed by atoms with Gasteiger partial charge in [0.05, 0.1) is 18.8 Å². The van der Waals surface area contributed by atoms with E-state index in [1.807, 2.05) is 0 Å². The summed E-state index contributed by atoms with van der Waals surface area (Å²) in [7, 11) is 0. The highest BCUT2D eigenvalue weighted by Gasteiger charge is 2.01. The minimum absolute atomic E-state index is 0.00813. The van der Waals surface area contributed by atoms with Gasteiger partial charge in [-0.25, -0.2) is 4.98 Å². The Morgan fingerprint density at radius 1 is 1.69 bits per heavy atom. The number of terminal acetylenes is 1. The standard InChI is InChI=1S/C8H6ClN3O/c1-2-3-8(13)12-7-5-10-4-6(9)11-7/h1,4-5H,3H2,(H,11,12,13). The van der Waals surface area contributed by atoms with Crippen LogP contribution in [0.15, 0.2) is 12.4 Å². The number of hydrogen-bond acceptors (Lipinski definition) is 3. The monoisotopic (exact) mass is 195 g/mol. The van der Waals surface area contributed by atoms with E-state index in [0.29, 0.717) is 5.82 Å². The minimum atomic E-state index is -0.306. The first-order chi connectivity index (χ1) is 6.22. The Labute approximate surface area is 80.3 Å². The van der Waals surface area contributed by atoms with E-state index in [1.165, 1.54) is 12.4 Å². The molecular formula is C8H6ClN3O. The highest BCUT2D eigenvalue weighted by Crippen LogP contribution is 2.06. The van der Waals surface area contributed by atoms with Gasteiger partial charge >= 0.3 is 0 Å². The van der Waals surface area contributed by atoms with Crippen molar-refractivity contribution in [1.29, 1.82) is 0 Å². The van der Waals surface area contributed by atoms with Crippen molar-refractivity contribution in [2.75, 3.05) is 5.32 Å². The minimum Gasteiger partial charge on any atom is -0.309 e. The molecular weight excluding hydrogens is 190 g/mol. The summed E-state index contributed by atoms with van der Waals surface area (Å²) in [5, 5.41) is 2.67. The number of nitrogens with one attached hydrogen (secondary N) is 1. The van der Waals surface area contributed by atoms with E-state index in [2.05, 4.69) is 21.2 Å². The molecule has 1 rings (SSSR count). The molecule has 0 aliphatic rings.